The number of aryl methyl sites for hydroxylation is 1. The Morgan fingerprint density at radius 1 is 1.35 bits per heavy atom. The summed E-state index contributed by atoms with van der Waals surface area (Å²) in [7, 11) is 0. The third-order valence-electron chi connectivity index (χ3n) is 3.92. The van der Waals surface area contributed by atoms with Gasteiger partial charge >= 0.3 is 0 Å². The van der Waals surface area contributed by atoms with Gasteiger partial charge in [-0.2, -0.15) is 4.98 Å². The second-order valence-electron chi connectivity index (χ2n) is 5.55. The van der Waals surface area contributed by atoms with Crippen molar-refractivity contribution < 1.29 is 4.52 Å². The van der Waals surface area contributed by atoms with Crippen molar-refractivity contribution in [3.05, 3.63) is 27.8 Å². The smallest absolute Gasteiger partial charge is 0.226 e. The summed E-state index contributed by atoms with van der Waals surface area (Å²) in [5.74, 6) is 1.92. The molecule has 6 heteroatoms. The topological polar surface area (TPSA) is 77.8 Å². The molecule has 0 aliphatic heterocycles. The third kappa shape index (κ3) is 3.24. The van der Waals surface area contributed by atoms with Gasteiger partial charge in [-0.15, -0.1) is 11.3 Å². The Kier molecular flexibility index (Phi) is 4.12. The molecule has 0 radical (unpaired) electrons. The molecule has 0 saturated heterocycles. The molecule has 1 aliphatic rings. The first-order chi connectivity index (χ1) is 9.70. The van der Waals surface area contributed by atoms with Crippen molar-refractivity contribution >= 4 is 11.3 Å². The fourth-order valence-corrected chi connectivity index (χ4v) is 3.42. The second-order valence-corrected chi connectivity index (χ2v) is 6.61. The Balaban J connectivity index is 1.61. The molecule has 0 amide bonds. The van der Waals surface area contributed by atoms with Gasteiger partial charge in [-0.1, -0.05) is 18.0 Å². The van der Waals surface area contributed by atoms with Gasteiger partial charge in [0.15, 0.2) is 5.82 Å². The minimum absolute atomic E-state index is 0.278. The molecule has 3 rings (SSSR count). The summed E-state index contributed by atoms with van der Waals surface area (Å²) in [5.41, 5.74) is 7.17. The number of nitrogens with two attached hydrogens (primary N) is 1. The summed E-state index contributed by atoms with van der Waals surface area (Å²) >= 11 is 1.65. The second kappa shape index (κ2) is 6.01. The van der Waals surface area contributed by atoms with Gasteiger partial charge < -0.3 is 10.3 Å². The number of nitrogens with zero attached hydrogens (tertiary/aromatic N) is 3. The Hall–Kier alpha value is -1.27. The van der Waals surface area contributed by atoms with Gasteiger partial charge in [0, 0.05) is 17.8 Å². The first-order valence-corrected chi connectivity index (χ1v) is 8.06. The summed E-state index contributed by atoms with van der Waals surface area (Å²) in [4.78, 5) is 8.89. The zero-order valence-corrected chi connectivity index (χ0v) is 12.5. The number of rotatable bonds is 4. The summed E-state index contributed by atoms with van der Waals surface area (Å²) in [6.07, 6.45) is 6.25. The summed E-state index contributed by atoms with van der Waals surface area (Å²) < 4.78 is 5.35. The molecule has 1 fully saturated rings. The molecule has 2 N–H and O–H groups in total. The number of hydrogen-bond donors (Lipinski definition) is 1. The molecule has 2 aromatic rings. The van der Waals surface area contributed by atoms with E-state index in [2.05, 4.69) is 15.1 Å². The lowest BCUT2D eigenvalue weighted by molar-refractivity contribution is 0.273. The van der Waals surface area contributed by atoms with Gasteiger partial charge in [-0.3, -0.25) is 0 Å². The maximum absolute atomic E-state index is 6.16. The predicted molar refractivity (Wildman–Crippen MR) is 77.6 cm³/mol. The highest BCUT2D eigenvalue weighted by Crippen LogP contribution is 2.25. The van der Waals surface area contributed by atoms with Crippen LogP contribution in [0.4, 0.5) is 0 Å². The van der Waals surface area contributed by atoms with E-state index in [0.29, 0.717) is 18.2 Å². The fourth-order valence-electron chi connectivity index (χ4n) is 2.81. The maximum Gasteiger partial charge on any atom is 0.226 e. The standard InChI is InChI=1S/C14H20N4OS/c1-9-16-11(8-20-9)7-13-17-14(19-18-13)6-10-4-2-3-5-12(10)15/h8,10,12H,2-7,15H2,1H3. The van der Waals surface area contributed by atoms with Crippen LogP contribution in [0.1, 0.15) is 48.1 Å². The van der Waals surface area contributed by atoms with Crippen LogP contribution in [0, 0.1) is 12.8 Å². The van der Waals surface area contributed by atoms with E-state index in [-0.39, 0.29) is 6.04 Å². The van der Waals surface area contributed by atoms with Crippen LogP contribution in [0.3, 0.4) is 0 Å². The lowest BCUT2D eigenvalue weighted by atomic mass is 9.83. The van der Waals surface area contributed by atoms with Gasteiger partial charge in [0.05, 0.1) is 17.1 Å². The van der Waals surface area contributed by atoms with E-state index in [9.17, 15) is 0 Å². The molecule has 1 saturated carbocycles. The van der Waals surface area contributed by atoms with E-state index in [0.717, 1.165) is 29.4 Å². The van der Waals surface area contributed by atoms with E-state index < -0.39 is 0 Å². The molecule has 1 aliphatic carbocycles. The number of aromatic nitrogens is 3. The Labute approximate surface area is 122 Å². The zero-order valence-electron chi connectivity index (χ0n) is 11.7. The summed E-state index contributed by atoms with van der Waals surface area (Å²) in [6, 6.07) is 0.278. The number of thiazole rings is 1. The van der Waals surface area contributed by atoms with Gasteiger partial charge in [0.2, 0.25) is 5.89 Å². The van der Waals surface area contributed by atoms with E-state index in [1.54, 1.807) is 11.3 Å². The Bertz CT molecular complexity index is 565. The predicted octanol–water partition coefficient (Wildman–Crippen LogP) is 2.49. The average Bonchev–Trinajstić information content (AvgIpc) is 3.02. The van der Waals surface area contributed by atoms with Gasteiger partial charge in [0.1, 0.15) is 0 Å². The van der Waals surface area contributed by atoms with Crippen LogP contribution in [-0.4, -0.2) is 21.2 Å². The molecule has 0 bridgehead atoms. The summed E-state index contributed by atoms with van der Waals surface area (Å²) in [6.45, 7) is 2.00. The van der Waals surface area contributed by atoms with Crippen molar-refractivity contribution in [3.8, 4) is 0 Å². The first-order valence-electron chi connectivity index (χ1n) is 7.19. The molecule has 0 spiro atoms. The molecule has 20 heavy (non-hydrogen) atoms. The molecular weight excluding hydrogens is 272 g/mol. The van der Waals surface area contributed by atoms with Crippen LogP contribution in [0.15, 0.2) is 9.90 Å². The Morgan fingerprint density at radius 2 is 2.20 bits per heavy atom. The molecule has 2 aromatic heterocycles. The Morgan fingerprint density at radius 3 is 2.95 bits per heavy atom. The highest BCUT2D eigenvalue weighted by Gasteiger charge is 2.24. The SMILES string of the molecule is Cc1nc(Cc2noc(CC3CCCCC3N)n2)cs1. The van der Waals surface area contributed by atoms with Gasteiger partial charge in [-0.05, 0) is 25.7 Å². The van der Waals surface area contributed by atoms with Gasteiger partial charge in [-0.25, -0.2) is 4.98 Å². The molecular formula is C14H20N4OS. The number of hydrogen-bond acceptors (Lipinski definition) is 6. The quantitative estimate of drug-likeness (QED) is 0.936. The normalized spacial score (nSPS) is 23.1. The van der Waals surface area contributed by atoms with Crippen LogP contribution in [0.2, 0.25) is 0 Å². The van der Waals surface area contributed by atoms with Crippen LogP contribution < -0.4 is 5.73 Å². The zero-order chi connectivity index (χ0) is 13.9. The average molecular weight is 292 g/mol. The fraction of sp³-hybridized carbons (Fsp3) is 0.643. The minimum atomic E-state index is 0.278. The van der Waals surface area contributed by atoms with Crippen LogP contribution >= 0.6 is 11.3 Å². The highest BCUT2D eigenvalue weighted by molar-refractivity contribution is 7.09. The largest absolute Gasteiger partial charge is 0.339 e. The van der Waals surface area contributed by atoms with Crippen molar-refractivity contribution in [2.45, 2.75) is 51.5 Å². The molecule has 5 nitrogen and oxygen atoms in total. The van der Waals surface area contributed by atoms with Gasteiger partial charge in [0.25, 0.3) is 0 Å². The van der Waals surface area contributed by atoms with Crippen molar-refractivity contribution in [1.82, 2.24) is 15.1 Å². The minimum Gasteiger partial charge on any atom is -0.339 e. The molecule has 2 heterocycles. The van der Waals surface area contributed by atoms with Crippen LogP contribution in [-0.2, 0) is 12.8 Å². The van der Waals surface area contributed by atoms with E-state index in [1.165, 1.54) is 19.3 Å². The van der Waals surface area contributed by atoms with E-state index in [4.69, 9.17) is 10.3 Å². The monoisotopic (exact) mass is 292 g/mol. The first kappa shape index (κ1) is 13.7. The molecule has 2 unspecified atom stereocenters. The molecule has 2 atom stereocenters. The van der Waals surface area contributed by atoms with Crippen LogP contribution in [0.5, 0.6) is 0 Å². The molecule has 0 aromatic carbocycles. The summed E-state index contributed by atoms with van der Waals surface area (Å²) in [5, 5.41) is 7.16. The van der Waals surface area contributed by atoms with E-state index in [1.807, 2.05) is 12.3 Å². The highest BCUT2D eigenvalue weighted by atomic mass is 32.1. The van der Waals surface area contributed by atoms with Crippen molar-refractivity contribution in [2.24, 2.45) is 11.7 Å². The van der Waals surface area contributed by atoms with Crippen molar-refractivity contribution in [2.75, 3.05) is 0 Å². The van der Waals surface area contributed by atoms with Crippen molar-refractivity contribution in [1.29, 1.82) is 0 Å². The van der Waals surface area contributed by atoms with E-state index >= 15 is 0 Å². The third-order valence-corrected chi connectivity index (χ3v) is 4.74. The maximum atomic E-state index is 6.16. The lowest BCUT2D eigenvalue weighted by Gasteiger charge is -2.27. The molecule has 108 valence electrons. The van der Waals surface area contributed by atoms with Crippen molar-refractivity contribution in [3.63, 3.8) is 0 Å². The lowest BCUT2D eigenvalue weighted by Crippen LogP contribution is -2.34. The van der Waals surface area contributed by atoms with Crippen LogP contribution in [0.25, 0.3) is 0 Å².